The molecule has 4 nitrogen and oxygen atoms in total. The second kappa shape index (κ2) is 7.22. The molecular formula is C18H19FN2O2. The van der Waals surface area contributed by atoms with Crippen LogP contribution in [0.3, 0.4) is 0 Å². The summed E-state index contributed by atoms with van der Waals surface area (Å²) in [6, 6.07) is 11.7. The molecule has 1 amide bonds. The number of benzene rings is 1. The molecule has 1 aromatic heterocycles. The molecule has 1 heterocycles. The number of hydrogen-bond donors (Lipinski definition) is 1. The fourth-order valence-corrected chi connectivity index (χ4v) is 2.82. The first kappa shape index (κ1) is 15.5. The monoisotopic (exact) mass is 314 g/mol. The van der Waals surface area contributed by atoms with Gasteiger partial charge in [0.15, 0.2) is 0 Å². The molecule has 0 spiro atoms. The predicted octanol–water partition coefficient (Wildman–Crippen LogP) is 3.34. The topological polar surface area (TPSA) is 51.2 Å². The Morgan fingerprint density at radius 2 is 1.83 bits per heavy atom. The van der Waals surface area contributed by atoms with Crippen molar-refractivity contribution in [3.8, 4) is 5.88 Å². The lowest BCUT2D eigenvalue weighted by Gasteiger charge is -2.29. The van der Waals surface area contributed by atoms with Gasteiger partial charge in [-0.25, -0.2) is 9.37 Å². The van der Waals surface area contributed by atoms with Gasteiger partial charge in [0.1, 0.15) is 11.9 Å². The molecule has 0 radical (unpaired) electrons. The quantitative estimate of drug-likeness (QED) is 0.941. The van der Waals surface area contributed by atoms with Crippen molar-refractivity contribution < 1.29 is 13.9 Å². The number of rotatable bonds is 4. The molecule has 1 fully saturated rings. The molecule has 0 unspecified atom stereocenters. The summed E-state index contributed by atoms with van der Waals surface area (Å²) < 4.78 is 19.4. The third kappa shape index (κ3) is 4.06. The van der Waals surface area contributed by atoms with E-state index in [0.717, 1.165) is 25.7 Å². The van der Waals surface area contributed by atoms with Crippen molar-refractivity contribution in [3.63, 3.8) is 0 Å². The highest BCUT2D eigenvalue weighted by molar-refractivity contribution is 5.94. The second-order valence-corrected chi connectivity index (χ2v) is 5.71. The third-order valence-corrected chi connectivity index (χ3v) is 4.05. The summed E-state index contributed by atoms with van der Waals surface area (Å²) in [5.74, 6) is -0.208. The van der Waals surface area contributed by atoms with Gasteiger partial charge in [-0.3, -0.25) is 4.79 Å². The van der Waals surface area contributed by atoms with Gasteiger partial charge < -0.3 is 10.1 Å². The van der Waals surface area contributed by atoms with E-state index in [1.165, 1.54) is 12.1 Å². The van der Waals surface area contributed by atoms with E-state index in [-0.39, 0.29) is 23.6 Å². The van der Waals surface area contributed by atoms with Gasteiger partial charge >= 0.3 is 0 Å². The first-order valence-corrected chi connectivity index (χ1v) is 7.85. The molecule has 2 aromatic rings. The molecule has 1 N–H and O–H groups in total. The highest BCUT2D eigenvalue weighted by Gasteiger charge is 2.24. The fourth-order valence-electron chi connectivity index (χ4n) is 2.82. The summed E-state index contributed by atoms with van der Waals surface area (Å²) in [4.78, 5) is 16.3. The molecule has 0 atom stereocenters. The van der Waals surface area contributed by atoms with E-state index in [4.69, 9.17) is 4.74 Å². The van der Waals surface area contributed by atoms with Crippen LogP contribution in [0.15, 0.2) is 48.7 Å². The molecule has 120 valence electrons. The molecule has 5 heteroatoms. The normalized spacial score (nSPS) is 20.7. The minimum atomic E-state index is -0.489. The van der Waals surface area contributed by atoms with Crippen LogP contribution < -0.4 is 10.1 Å². The summed E-state index contributed by atoms with van der Waals surface area (Å²) >= 11 is 0. The molecule has 1 aromatic carbocycles. The minimum Gasteiger partial charge on any atom is -0.474 e. The van der Waals surface area contributed by atoms with E-state index in [0.29, 0.717) is 5.88 Å². The maximum atomic E-state index is 13.6. The Hall–Kier alpha value is -2.43. The number of nitrogens with one attached hydrogen (secondary N) is 1. The molecule has 0 saturated heterocycles. The predicted molar refractivity (Wildman–Crippen MR) is 84.8 cm³/mol. The van der Waals surface area contributed by atoms with Crippen LogP contribution in [0.25, 0.3) is 0 Å². The molecule has 0 aliphatic heterocycles. The molecule has 3 rings (SSSR count). The van der Waals surface area contributed by atoms with Crippen molar-refractivity contribution in [2.75, 3.05) is 0 Å². The van der Waals surface area contributed by atoms with Crippen molar-refractivity contribution in [2.24, 2.45) is 0 Å². The van der Waals surface area contributed by atoms with Gasteiger partial charge in [-0.15, -0.1) is 0 Å². The van der Waals surface area contributed by atoms with Crippen LogP contribution in [0, 0.1) is 5.82 Å². The van der Waals surface area contributed by atoms with Crippen LogP contribution in [0.4, 0.5) is 4.39 Å². The Morgan fingerprint density at radius 1 is 1.09 bits per heavy atom. The average molecular weight is 314 g/mol. The Labute approximate surface area is 134 Å². The van der Waals surface area contributed by atoms with Crippen molar-refractivity contribution >= 4 is 5.91 Å². The van der Waals surface area contributed by atoms with Gasteiger partial charge in [-0.05, 0) is 43.9 Å². The Morgan fingerprint density at radius 3 is 2.52 bits per heavy atom. The summed E-state index contributed by atoms with van der Waals surface area (Å²) in [5, 5.41) is 2.91. The lowest BCUT2D eigenvalue weighted by molar-refractivity contribution is 0.0886. The second-order valence-electron chi connectivity index (χ2n) is 5.71. The summed E-state index contributed by atoms with van der Waals surface area (Å²) in [5.41, 5.74) is 0.0966. The van der Waals surface area contributed by atoms with Crippen molar-refractivity contribution in [3.05, 3.63) is 60.0 Å². The average Bonchev–Trinajstić information content (AvgIpc) is 2.58. The molecule has 1 aliphatic rings. The zero-order valence-corrected chi connectivity index (χ0v) is 12.7. The maximum Gasteiger partial charge on any atom is 0.254 e. The number of pyridine rings is 1. The smallest absolute Gasteiger partial charge is 0.254 e. The van der Waals surface area contributed by atoms with Gasteiger partial charge in [0.05, 0.1) is 5.56 Å². The molecule has 1 aliphatic carbocycles. The van der Waals surface area contributed by atoms with Crippen LogP contribution in [-0.4, -0.2) is 23.0 Å². The number of hydrogen-bond acceptors (Lipinski definition) is 3. The first-order valence-electron chi connectivity index (χ1n) is 7.85. The lowest BCUT2D eigenvalue weighted by atomic mass is 9.92. The lowest BCUT2D eigenvalue weighted by Crippen LogP contribution is -2.40. The van der Waals surface area contributed by atoms with Crippen LogP contribution in [-0.2, 0) is 0 Å². The van der Waals surface area contributed by atoms with Crippen LogP contribution in [0.5, 0.6) is 5.88 Å². The van der Waals surface area contributed by atoms with Crippen LogP contribution >= 0.6 is 0 Å². The zero-order chi connectivity index (χ0) is 16.1. The van der Waals surface area contributed by atoms with Gasteiger partial charge in [0.2, 0.25) is 5.88 Å². The minimum absolute atomic E-state index is 0.0608. The fraction of sp³-hybridized carbons (Fsp3) is 0.333. The van der Waals surface area contributed by atoms with E-state index in [9.17, 15) is 9.18 Å². The molecule has 23 heavy (non-hydrogen) atoms. The van der Waals surface area contributed by atoms with E-state index in [1.54, 1.807) is 18.3 Å². The number of amides is 1. The van der Waals surface area contributed by atoms with Crippen molar-refractivity contribution in [2.45, 2.75) is 37.8 Å². The van der Waals surface area contributed by atoms with Gasteiger partial charge in [-0.1, -0.05) is 18.2 Å². The SMILES string of the molecule is O=C(NC1CCC(Oc2ccccn2)CC1)c1ccccc1F. The third-order valence-electron chi connectivity index (χ3n) is 4.05. The van der Waals surface area contributed by atoms with Gasteiger partial charge in [0.25, 0.3) is 5.91 Å². The molecule has 1 saturated carbocycles. The number of nitrogens with zero attached hydrogens (tertiary/aromatic N) is 1. The van der Waals surface area contributed by atoms with Gasteiger partial charge in [-0.2, -0.15) is 0 Å². The maximum absolute atomic E-state index is 13.6. The largest absolute Gasteiger partial charge is 0.474 e. The van der Waals surface area contributed by atoms with E-state index in [2.05, 4.69) is 10.3 Å². The molecular weight excluding hydrogens is 295 g/mol. The Bertz CT molecular complexity index is 655. The van der Waals surface area contributed by atoms with Crippen LogP contribution in [0.2, 0.25) is 0 Å². The number of carbonyl (C=O) groups excluding carboxylic acids is 1. The summed E-state index contributed by atoms with van der Waals surface area (Å²) in [6.07, 6.45) is 5.15. The number of carbonyl (C=O) groups is 1. The Balaban J connectivity index is 1.49. The van der Waals surface area contributed by atoms with E-state index in [1.807, 2.05) is 18.2 Å². The van der Waals surface area contributed by atoms with Crippen molar-refractivity contribution in [1.82, 2.24) is 10.3 Å². The highest BCUT2D eigenvalue weighted by Crippen LogP contribution is 2.23. The Kier molecular flexibility index (Phi) is 4.86. The zero-order valence-electron chi connectivity index (χ0n) is 12.7. The van der Waals surface area contributed by atoms with Gasteiger partial charge in [0, 0.05) is 18.3 Å². The summed E-state index contributed by atoms with van der Waals surface area (Å²) in [6.45, 7) is 0. The number of halogens is 1. The summed E-state index contributed by atoms with van der Waals surface area (Å²) in [7, 11) is 0. The van der Waals surface area contributed by atoms with Crippen LogP contribution in [0.1, 0.15) is 36.0 Å². The number of ether oxygens (including phenoxy) is 1. The standard InChI is InChI=1S/C18H19FN2O2/c19-16-6-2-1-5-15(16)18(22)21-13-8-10-14(11-9-13)23-17-7-3-4-12-20-17/h1-7,12-14H,8-11H2,(H,21,22). The highest BCUT2D eigenvalue weighted by atomic mass is 19.1. The van der Waals surface area contributed by atoms with E-state index < -0.39 is 5.82 Å². The molecule has 0 bridgehead atoms. The van der Waals surface area contributed by atoms with Crippen molar-refractivity contribution in [1.29, 1.82) is 0 Å². The number of aromatic nitrogens is 1. The van der Waals surface area contributed by atoms with E-state index >= 15 is 0 Å². The first-order chi connectivity index (χ1) is 11.2.